The van der Waals surface area contributed by atoms with Crippen LogP contribution in [-0.4, -0.2) is 34.0 Å². The van der Waals surface area contributed by atoms with E-state index in [1.807, 2.05) is 44.2 Å². The van der Waals surface area contributed by atoms with Crippen molar-refractivity contribution in [1.29, 1.82) is 0 Å². The molecule has 0 saturated carbocycles. The van der Waals surface area contributed by atoms with E-state index in [-0.39, 0.29) is 5.91 Å². The van der Waals surface area contributed by atoms with Crippen LogP contribution in [0.4, 0.5) is 11.4 Å². The molecule has 2 aliphatic rings. The number of fused-ring (bicyclic) bond motifs is 2. The molecule has 7 heteroatoms. The molecule has 31 heavy (non-hydrogen) atoms. The fourth-order valence-electron chi connectivity index (χ4n) is 3.94. The molecule has 0 radical (unpaired) electrons. The molecule has 1 fully saturated rings. The lowest BCUT2D eigenvalue weighted by atomic mass is 10.1. The van der Waals surface area contributed by atoms with Crippen molar-refractivity contribution in [3.8, 4) is 0 Å². The summed E-state index contributed by atoms with van der Waals surface area (Å²) >= 11 is 3.13. The number of aromatic nitrogens is 1. The first-order chi connectivity index (χ1) is 15.1. The van der Waals surface area contributed by atoms with Gasteiger partial charge in [-0.15, -0.1) is 11.3 Å². The van der Waals surface area contributed by atoms with E-state index in [9.17, 15) is 4.79 Å². The summed E-state index contributed by atoms with van der Waals surface area (Å²) in [6.45, 7) is 7.46. The molecular weight excluding hydrogens is 424 g/mol. The summed E-state index contributed by atoms with van der Waals surface area (Å²) in [5, 5.41) is 1.75. The number of benzene rings is 2. The van der Waals surface area contributed by atoms with Crippen molar-refractivity contribution in [2.45, 2.75) is 20.8 Å². The number of thiazole rings is 1. The fraction of sp³-hybridized carbons (Fsp3) is 0.208. The summed E-state index contributed by atoms with van der Waals surface area (Å²) in [6, 6.07) is 14.3. The predicted molar refractivity (Wildman–Crippen MR) is 132 cm³/mol. The summed E-state index contributed by atoms with van der Waals surface area (Å²) in [5.74, 6) is 0.00862. The largest absolute Gasteiger partial charge is 0.340 e. The van der Waals surface area contributed by atoms with Crippen LogP contribution in [0.2, 0.25) is 0 Å². The van der Waals surface area contributed by atoms with Crippen molar-refractivity contribution in [2.24, 2.45) is 4.99 Å². The Morgan fingerprint density at radius 1 is 1.03 bits per heavy atom. The Labute approximate surface area is 189 Å². The Morgan fingerprint density at radius 2 is 1.84 bits per heavy atom. The number of allylic oxidation sites excluding steroid dienone is 1. The van der Waals surface area contributed by atoms with Gasteiger partial charge in [-0.05, 0) is 68.4 Å². The van der Waals surface area contributed by atoms with E-state index in [0.29, 0.717) is 11.7 Å². The van der Waals surface area contributed by atoms with Crippen LogP contribution in [0.1, 0.15) is 24.4 Å². The summed E-state index contributed by atoms with van der Waals surface area (Å²) in [5.41, 5.74) is 4.99. The van der Waals surface area contributed by atoms with Crippen LogP contribution < -0.4 is 4.90 Å². The molecule has 0 atom stereocenters. The Hall–Kier alpha value is -2.90. The van der Waals surface area contributed by atoms with Crippen LogP contribution >= 0.6 is 23.1 Å². The number of hydrogen-bond donors (Lipinski definition) is 0. The minimum absolute atomic E-state index is 0.00862. The lowest BCUT2D eigenvalue weighted by Crippen LogP contribution is -2.30. The fourth-order valence-corrected chi connectivity index (χ4v) is 5.88. The van der Waals surface area contributed by atoms with E-state index in [1.54, 1.807) is 16.2 Å². The van der Waals surface area contributed by atoms with E-state index < -0.39 is 0 Å². The van der Waals surface area contributed by atoms with Gasteiger partial charge >= 0.3 is 0 Å². The van der Waals surface area contributed by atoms with Crippen molar-refractivity contribution in [3.63, 3.8) is 0 Å². The highest BCUT2D eigenvalue weighted by atomic mass is 32.2. The first-order valence-electron chi connectivity index (χ1n) is 10.3. The zero-order valence-electron chi connectivity index (χ0n) is 17.6. The zero-order chi connectivity index (χ0) is 21.5. The van der Waals surface area contributed by atoms with Gasteiger partial charge in [0.05, 0.1) is 26.6 Å². The van der Waals surface area contributed by atoms with Gasteiger partial charge in [-0.1, -0.05) is 24.3 Å². The van der Waals surface area contributed by atoms with Crippen molar-refractivity contribution < 1.29 is 4.79 Å². The number of aryl methyl sites for hydroxylation is 1. The minimum Gasteiger partial charge on any atom is -0.340 e. The Bertz CT molecular complexity index is 1290. The number of anilines is 1. The number of aliphatic imine (C=N–C) groups is 1. The molecule has 0 spiro atoms. The van der Waals surface area contributed by atoms with Gasteiger partial charge in [0.1, 0.15) is 4.91 Å². The molecule has 1 amide bonds. The predicted octanol–water partition coefficient (Wildman–Crippen LogP) is 5.95. The smallest absolute Gasteiger partial charge is 0.268 e. The van der Waals surface area contributed by atoms with E-state index in [4.69, 9.17) is 4.99 Å². The van der Waals surface area contributed by atoms with Crippen LogP contribution in [0, 0.1) is 6.92 Å². The second-order valence-corrected chi connectivity index (χ2v) is 9.49. The zero-order valence-corrected chi connectivity index (χ0v) is 19.3. The quantitative estimate of drug-likeness (QED) is 0.466. The number of nitrogens with zero attached hydrogens (tertiary/aromatic N) is 4. The minimum atomic E-state index is 0.00862. The number of carbonyl (C=O) groups is 1. The highest BCUT2D eigenvalue weighted by Gasteiger charge is 2.36. The number of para-hydroxylation sites is 1. The van der Waals surface area contributed by atoms with Gasteiger partial charge in [-0.25, -0.2) is 9.98 Å². The Kier molecular flexibility index (Phi) is 5.16. The highest BCUT2D eigenvalue weighted by Crippen LogP contribution is 2.40. The Morgan fingerprint density at radius 3 is 2.65 bits per heavy atom. The number of amides is 1. The van der Waals surface area contributed by atoms with Gasteiger partial charge in [0.2, 0.25) is 0 Å². The van der Waals surface area contributed by atoms with Gasteiger partial charge in [-0.2, -0.15) is 0 Å². The van der Waals surface area contributed by atoms with Crippen molar-refractivity contribution in [2.75, 3.05) is 18.0 Å². The topological polar surface area (TPSA) is 48.8 Å². The first-order valence-corrected chi connectivity index (χ1v) is 12.0. The number of thioether (sulfide) groups is 1. The van der Waals surface area contributed by atoms with Crippen LogP contribution in [0.5, 0.6) is 0 Å². The van der Waals surface area contributed by atoms with Gasteiger partial charge in [0.15, 0.2) is 5.17 Å². The molecule has 0 unspecified atom stereocenters. The second-order valence-electron chi connectivity index (χ2n) is 7.28. The third-order valence-electron chi connectivity index (χ3n) is 5.37. The normalized spacial score (nSPS) is 19.7. The van der Waals surface area contributed by atoms with E-state index in [1.165, 1.54) is 11.8 Å². The number of likely N-dealkylation sites (N-methyl/N-ethyl adjacent to an activating group) is 2. The number of amidine groups is 1. The summed E-state index contributed by atoms with van der Waals surface area (Å²) < 4.78 is 1.15. The molecule has 2 aliphatic heterocycles. The van der Waals surface area contributed by atoms with Gasteiger partial charge in [0, 0.05) is 18.8 Å². The number of rotatable bonds is 3. The molecule has 5 rings (SSSR count). The van der Waals surface area contributed by atoms with Crippen molar-refractivity contribution >= 4 is 61.8 Å². The summed E-state index contributed by atoms with van der Waals surface area (Å²) in [4.78, 5) is 27.4. The average Bonchev–Trinajstić information content (AvgIpc) is 3.30. The van der Waals surface area contributed by atoms with Crippen molar-refractivity contribution in [3.05, 3.63) is 69.7 Å². The highest BCUT2D eigenvalue weighted by molar-refractivity contribution is 8.18. The average molecular weight is 447 g/mol. The molecule has 1 saturated heterocycles. The molecular formula is C24H22N4OS2. The SMILES string of the molecule is CCN1C(=O)/C(=C2\C=Cc3ccccc3N2CC)SC1=Nc1ccc2sc(C)nc2c1. The second kappa shape index (κ2) is 7.98. The van der Waals surface area contributed by atoms with Crippen LogP contribution in [0.3, 0.4) is 0 Å². The van der Waals surface area contributed by atoms with Gasteiger partial charge in [-0.3, -0.25) is 9.69 Å². The molecule has 1 aromatic heterocycles. The lowest BCUT2D eigenvalue weighted by Gasteiger charge is -2.30. The maximum atomic E-state index is 13.3. The molecule has 3 aromatic rings. The molecule has 5 nitrogen and oxygen atoms in total. The first kappa shape index (κ1) is 20.0. The van der Waals surface area contributed by atoms with E-state index >= 15 is 0 Å². The number of hydrogen-bond acceptors (Lipinski definition) is 6. The van der Waals surface area contributed by atoms with E-state index in [0.717, 1.165) is 49.3 Å². The molecule has 0 aliphatic carbocycles. The summed E-state index contributed by atoms with van der Waals surface area (Å²) in [6.07, 6.45) is 4.13. The van der Waals surface area contributed by atoms with E-state index in [2.05, 4.69) is 41.1 Å². The standard InChI is InChI=1S/C24H22N4OS2/c1-4-27-19-9-7-6-8-16(19)10-12-20(27)22-23(29)28(5-2)24(31-22)26-17-11-13-21-18(14-17)25-15(3)30-21/h6-14H,4-5H2,1-3H3/b22-20-,26-24?. The third-order valence-corrected chi connectivity index (χ3v) is 7.40. The molecule has 156 valence electrons. The van der Waals surface area contributed by atoms with Crippen LogP contribution in [-0.2, 0) is 4.79 Å². The monoisotopic (exact) mass is 446 g/mol. The molecule has 3 heterocycles. The molecule has 0 N–H and O–H groups in total. The maximum absolute atomic E-state index is 13.3. The van der Waals surface area contributed by atoms with Gasteiger partial charge in [0.25, 0.3) is 5.91 Å². The Balaban J connectivity index is 1.56. The van der Waals surface area contributed by atoms with Crippen LogP contribution in [0.15, 0.2) is 64.1 Å². The maximum Gasteiger partial charge on any atom is 0.268 e. The lowest BCUT2D eigenvalue weighted by molar-refractivity contribution is -0.122. The third kappa shape index (κ3) is 3.47. The van der Waals surface area contributed by atoms with Crippen molar-refractivity contribution in [1.82, 2.24) is 9.88 Å². The molecule has 0 bridgehead atoms. The molecule has 2 aromatic carbocycles. The number of carbonyl (C=O) groups excluding carboxylic acids is 1. The summed E-state index contributed by atoms with van der Waals surface area (Å²) in [7, 11) is 0. The van der Waals surface area contributed by atoms with Crippen LogP contribution in [0.25, 0.3) is 16.3 Å². The van der Waals surface area contributed by atoms with Gasteiger partial charge < -0.3 is 4.90 Å².